The number of halogens is 3. The maximum atomic E-state index is 13.1. The number of allylic oxidation sites excluding steroid dienone is 1. The normalized spacial score (nSPS) is 14.7. The lowest BCUT2D eigenvalue weighted by atomic mass is 10.0. The van der Waals surface area contributed by atoms with E-state index in [-0.39, 0.29) is 11.3 Å². The summed E-state index contributed by atoms with van der Waals surface area (Å²) >= 11 is 0. The van der Waals surface area contributed by atoms with Gasteiger partial charge in [0.15, 0.2) is 0 Å². The lowest BCUT2D eigenvalue weighted by molar-refractivity contribution is -0.137. The fraction of sp³-hybridized carbons (Fsp3) is 0.0952. The number of aliphatic imine (C=N–C) groups is 1. The van der Waals surface area contributed by atoms with Gasteiger partial charge in [-0.05, 0) is 37.3 Å². The third-order valence-electron chi connectivity index (χ3n) is 4.71. The van der Waals surface area contributed by atoms with Crippen LogP contribution in [-0.4, -0.2) is 20.4 Å². The van der Waals surface area contributed by atoms with Gasteiger partial charge in [0, 0.05) is 16.8 Å². The zero-order valence-electron chi connectivity index (χ0n) is 15.5. The minimum absolute atomic E-state index is 0.236. The summed E-state index contributed by atoms with van der Waals surface area (Å²) in [4.78, 5) is 31.1. The highest BCUT2D eigenvalue weighted by atomic mass is 19.4. The maximum absolute atomic E-state index is 13.1. The van der Waals surface area contributed by atoms with E-state index in [4.69, 9.17) is 0 Å². The minimum atomic E-state index is -4.64. The van der Waals surface area contributed by atoms with Gasteiger partial charge in [-0.2, -0.15) is 13.2 Å². The Hall–Kier alpha value is -3.88. The number of benzene rings is 2. The molecule has 0 saturated carbocycles. The van der Waals surface area contributed by atoms with Crippen LogP contribution in [0, 0.1) is 0 Å². The molecule has 0 amide bonds. The molecule has 2 heterocycles. The van der Waals surface area contributed by atoms with Crippen molar-refractivity contribution in [2.45, 2.75) is 13.1 Å². The van der Waals surface area contributed by atoms with Gasteiger partial charge in [-0.1, -0.05) is 24.3 Å². The fourth-order valence-electron chi connectivity index (χ4n) is 3.29. The van der Waals surface area contributed by atoms with Crippen molar-refractivity contribution in [1.82, 2.24) is 9.55 Å². The predicted octanol–water partition coefficient (Wildman–Crippen LogP) is 3.90. The molecule has 3 aromatic rings. The van der Waals surface area contributed by atoms with Crippen molar-refractivity contribution < 1.29 is 18.3 Å². The second-order valence-electron chi connectivity index (χ2n) is 6.65. The summed E-state index contributed by atoms with van der Waals surface area (Å²) in [6.07, 6.45) is -3.27. The lowest BCUT2D eigenvalue weighted by Crippen LogP contribution is -2.30. The van der Waals surface area contributed by atoms with Gasteiger partial charge >= 0.3 is 11.9 Å². The second-order valence-corrected chi connectivity index (χ2v) is 6.65. The summed E-state index contributed by atoms with van der Waals surface area (Å²) in [5.41, 5.74) is -0.873. The number of aromatic nitrogens is 2. The Morgan fingerprint density at radius 1 is 1.10 bits per heavy atom. The van der Waals surface area contributed by atoms with Gasteiger partial charge in [-0.3, -0.25) is 14.8 Å². The first kappa shape index (κ1) is 19.4. The van der Waals surface area contributed by atoms with Gasteiger partial charge in [0.2, 0.25) is 5.88 Å². The van der Waals surface area contributed by atoms with E-state index < -0.39 is 28.9 Å². The molecule has 2 N–H and O–H groups in total. The number of alkyl halides is 3. The first-order chi connectivity index (χ1) is 14.2. The summed E-state index contributed by atoms with van der Waals surface area (Å²) in [6, 6.07) is 11.1. The molecule has 1 aliphatic rings. The van der Waals surface area contributed by atoms with Gasteiger partial charge in [0.25, 0.3) is 5.56 Å². The number of nitrogens with one attached hydrogen (secondary N) is 1. The molecule has 9 heteroatoms. The van der Waals surface area contributed by atoms with Gasteiger partial charge in [-0.15, -0.1) is 0 Å². The highest BCUT2D eigenvalue weighted by Gasteiger charge is 2.31. The van der Waals surface area contributed by atoms with Crippen LogP contribution < -0.4 is 11.2 Å². The Kier molecular flexibility index (Phi) is 4.45. The van der Waals surface area contributed by atoms with E-state index in [1.165, 1.54) is 12.1 Å². The van der Waals surface area contributed by atoms with Crippen LogP contribution in [0.1, 0.15) is 23.6 Å². The van der Waals surface area contributed by atoms with Crippen molar-refractivity contribution in [1.29, 1.82) is 0 Å². The van der Waals surface area contributed by atoms with Crippen molar-refractivity contribution >= 4 is 23.0 Å². The molecule has 1 aliphatic heterocycles. The highest BCUT2D eigenvalue weighted by Crippen LogP contribution is 2.36. The molecule has 0 aliphatic carbocycles. The summed E-state index contributed by atoms with van der Waals surface area (Å²) in [7, 11) is 0. The monoisotopic (exact) mass is 413 g/mol. The largest absolute Gasteiger partial charge is 0.494 e. The number of aromatic hydroxyl groups is 1. The van der Waals surface area contributed by atoms with Gasteiger partial charge < -0.3 is 5.11 Å². The number of para-hydroxylation sites is 1. The van der Waals surface area contributed by atoms with Crippen LogP contribution in [0.5, 0.6) is 5.88 Å². The van der Waals surface area contributed by atoms with Crippen LogP contribution in [0.25, 0.3) is 17.3 Å². The van der Waals surface area contributed by atoms with Crippen LogP contribution in [0.4, 0.5) is 18.9 Å². The number of H-pyrrole nitrogens is 1. The highest BCUT2D eigenvalue weighted by molar-refractivity contribution is 6.31. The van der Waals surface area contributed by atoms with Gasteiger partial charge in [-0.25, -0.2) is 9.36 Å². The minimum Gasteiger partial charge on any atom is -0.494 e. The van der Waals surface area contributed by atoms with E-state index >= 15 is 0 Å². The first-order valence-electron chi connectivity index (χ1n) is 8.79. The molecule has 0 radical (unpaired) electrons. The molecular formula is C21H14F3N3O3. The number of rotatable bonds is 2. The van der Waals surface area contributed by atoms with E-state index in [1.807, 2.05) is 4.98 Å². The summed E-state index contributed by atoms with van der Waals surface area (Å²) in [6.45, 7) is 1.72. The van der Waals surface area contributed by atoms with E-state index in [2.05, 4.69) is 4.99 Å². The average Bonchev–Trinajstić information content (AvgIpc) is 2.99. The number of nitrogens with zero attached hydrogens (tertiary/aromatic N) is 2. The Bertz CT molecular complexity index is 1350. The van der Waals surface area contributed by atoms with Crippen molar-refractivity contribution in [3.05, 3.63) is 86.1 Å². The first-order valence-corrected chi connectivity index (χ1v) is 8.79. The Morgan fingerprint density at radius 3 is 2.57 bits per heavy atom. The number of hydrogen-bond acceptors (Lipinski definition) is 4. The molecule has 6 nitrogen and oxygen atoms in total. The number of aromatic amines is 1. The summed E-state index contributed by atoms with van der Waals surface area (Å²) in [5, 5.41) is 10.7. The zero-order valence-corrected chi connectivity index (χ0v) is 15.5. The van der Waals surface area contributed by atoms with Crippen molar-refractivity contribution in [3.8, 4) is 11.6 Å². The maximum Gasteiger partial charge on any atom is 0.416 e. The van der Waals surface area contributed by atoms with Gasteiger partial charge in [0.05, 0.1) is 16.9 Å². The lowest BCUT2D eigenvalue weighted by Gasteiger charge is -2.13. The average molecular weight is 413 g/mol. The molecule has 2 aromatic carbocycles. The van der Waals surface area contributed by atoms with Crippen LogP contribution >= 0.6 is 0 Å². The molecule has 30 heavy (non-hydrogen) atoms. The molecule has 0 atom stereocenters. The van der Waals surface area contributed by atoms with Gasteiger partial charge in [0.1, 0.15) is 5.56 Å². The SMILES string of the molecule is CC1=Nc2ccccc2/C1=C\c1c(O)n(-c2cccc(C(F)(F)F)c2)c(=O)[nH]c1=O. The van der Waals surface area contributed by atoms with Crippen LogP contribution in [0.15, 0.2) is 63.1 Å². The molecular weight excluding hydrogens is 399 g/mol. The molecule has 0 saturated heterocycles. The number of fused-ring (bicyclic) bond motifs is 1. The quantitative estimate of drug-likeness (QED) is 0.668. The molecule has 0 bridgehead atoms. The van der Waals surface area contributed by atoms with Crippen LogP contribution in [-0.2, 0) is 6.18 Å². The molecule has 0 spiro atoms. The Balaban J connectivity index is 1.93. The molecule has 152 valence electrons. The standard InChI is InChI=1S/C21H14F3N3O3/c1-11-15(14-7-2-3-8-17(14)25-11)10-16-18(28)26-20(30)27(19(16)29)13-6-4-5-12(9-13)21(22,23)24/h2-10,29H,1H3,(H,26,28,30)/b15-10-. The van der Waals surface area contributed by atoms with E-state index in [1.54, 1.807) is 31.2 Å². The van der Waals surface area contributed by atoms with Crippen LogP contribution in [0.2, 0.25) is 0 Å². The molecule has 0 fully saturated rings. The topological polar surface area (TPSA) is 87.4 Å². The van der Waals surface area contributed by atoms with Crippen molar-refractivity contribution in [2.75, 3.05) is 0 Å². The third-order valence-corrected chi connectivity index (χ3v) is 4.71. The summed E-state index contributed by atoms with van der Waals surface area (Å²) < 4.78 is 39.8. The Morgan fingerprint density at radius 2 is 1.83 bits per heavy atom. The van der Waals surface area contributed by atoms with Crippen LogP contribution in [0.3, 0.4) is 0 Å². The summed E-state index contributed by atoms with van der Waals surface area (Å²) in [5.74, 6) is -0.771. The number of hydrogen-bond donors (Lipinski definition) is 2. The molecule has 4 rings (SSSR count). The van der Waals surface area contributed by atoms with Crippen molar-refractivity contribution in [3.63, 3.8) is 0 Å². The van der Waals surface area contributed by atoms with E-state index in [0.717, 1.165) is 17.7 Å². The zero-order chi connectivity index (χ0) is 21.6. The van der Waals surface area contributed by atoms with E-state index in [0.29, 0.717) is 27.6 Å². The third kappa shape index (κ3) is 3.24. The molecule has 1 aromatic heterocycles. The second kappa shape index (κ2) is 6.87. The smallest absolute Gasteiger partial charge is 0.416 e. The van der Waals surface area contributed by atoms with Crippen molar-refractivity contribution in [2.24, 2.45) is 4.99 Å². The predicted molar refractivity (Wildman–Crippen MR) is 106 cm³/mol. The molecule has 0 unspecified atom stereocenters. The fourth-order valence-corrected chi connectivity index (χ4v) is 3.29. The Labute approximate surface area is 167 Å². The van der Waals surface area contributed by atoms with E-state index in [9.17, 15) is 27.9 Å².